The molecule has 0 saturated carbocycles. The van der Waals surface area contributed by atoms with Gasteiger partial charge in [-0.25, -0.2) is 4.98 Å². The predicted molar refractivity (Wildman–Crippen MR) is 386 cm³/mol. The van der Waals surface area contributed by atoms with E-state index in [-0.39, 0.29) is 28.8 Å². The summed E-state index contributed by atoms with van der Waals surface area (Å²) in [6.45, 7) is 0. The van der Waals surface area contributed by atoms with Crippen LogP contribution in [0.25, 0.3) is 176 Å². The molecule has 0 amide bonds. The third-order valence-electron chi connectivity index (χ3n) is 20.0. The summed E-state index contributed by atoms with van der Waals surface area (Å²) >= 11 is 0. The molecule has 13 aromatic carbocycles. The van der Waals surface area contributed by atoms with Gasteiger partial charge in [0.2, 0.25) is 0 Å². The summed E-state index contributed by atoms with van der Waals surface area (Å²) in [7, 11) is 0. The monoisotopic (exact) mass is 1280 g/mol. The molecule has 0 spiro atoms. The van der Waals surface area contributed by atoms with E-state index in [9.17, 15) is 0 Å². The van der Waals surface area contributed by atoms with Crippen molar-refractivity contribution in [3.8, 4) is 45.5 Å². The molecule has 0 bridgehead atoms. The van der Waals surface area contributed by atoms with E-state index in [2.05, 4.69) is 164 Å². The molecule has 466 valence electrons. The number of hydrogen-bond donors (Lipinski definition) is 0. The van der Waals surface area contributed by atoms with Crippen molar-refractivity contribution in [2.45, 2.75) is 12.4 Å². The highest BCUT2D eigenvalue weighted by molar-refractivity contribution is 6.17. The molecule has 7 nitrogen and oxygen atoms in total. The van der Waals surface area contributed by atoms with E-state index in [0.717, 1.165) is 144 Å². The molecule has 20 rings (SSSR count). The Bertz CT molecular complexity index is 5850. The van der Waals surface area contributed by atoms with Gasteiger partial charge in [0.05, 0.1) is 77.3 Å². The van der Waals surface area contributed by atoms with E-state index in [4.69, 9.17) is 4.98 Å². The van der Waals surface area contributed by atoms with Gasteiger partial charge in [-0.2, -0.15) is 26.3 Å². The number of para-hydroxylation sites is 8. The predicted octanol–water partition coefficient (Wildman–Crippen LogP) is 23.4. The second-order valence-corrected chi connectivity index (χ2v) is 25.3. The first-order valence-corrected chi connectivity index (χ1v) is 32.3. The van der Waals surface area contributed by atoms with Gasteiger partial charge in [-0.3, -0.25) is 9.13 Å². The molecule has 0 unspecified atom stereocenters. The molecular weight excluding hydrogens is 1230 g/mol. The second-order valence-electron chi connectivity index (χ2n) is 25.3. The third kappa shape index (κ3) is 8.16. The molecule has 13 heteroatoms. The van der Waals surface area contributed by atoms with Crippen LogP contribution < -0.4 is 0 Å². The zero-order valence-electron chi connectivity index (χ0n) is 51.7. The number of pyridine rings is 1. The Kier molecular flexibility index (Phi) is 11.6. The molecule has 0 radical (unpaired) electrons. The Hall–Kier alpha value is -12.6. The van der Waals surface area contributed by atoms with Crippen LogP contribution in [0, 0.1) is 0 Å². The lowest BCUT2D eigenvalue weighted by molar-refractivity contribution is -0.143. The first-order chi connectivity index (χ1) is 47.9. The number of hydrogen-bond acceptors (Lipinski definition) is 1. The summed E-state index contributed by atoms with van der Waals surface area (Å²) in [4.78, 5) is 5.66. The molecule has 0 N–H and O–H groups in total. The number of nitrogens with zero attached hydrogens (tertiary/aromatic N) is 7. The highest BCUT2D eigenvalue weighted by atomic mass is 19.4. The minimum absolute atomic E-state index is 0.0826. The SMILES string of the molecule is FC(F)(F)c1cc(-c2cc(-n3c4ccc(-n5c6ccccc6c6ccccc65)cc4c4cc(-n5c6ccccc6c6ccccc65)ccc43)nc(-n3c4ccc(-n5c6ccccc6c6ccccc65)cc4c4cc(-n5c6ccccc6c6ccccc65)ccc43)c2)cc(C(F)(F)F)c1. The first kappa shape index (κ1) is 55.8. The van der Waals surface area contributed by atoms with Crippen LogP contribution in [0.4, 0.5) is 26.3 Å². The fourth-order valence-corrected chi connectivity index (χ4v) is 15.9. The first-order valence-electron chi connectivity index (χ1n) is 32.3. The molecule has 0 aliphatic carbocycles. The summed E-state index contributed by atoms with van der Waals surface area (Å²) in [6, 6.07) is 96.7. The quantitative estimate of drug-likeness (QED) is 0.147. The molecule has 7 heterocycles. The summed E-state index contributed by atoms with van der Waals surface area (Å²) < 4.78 is 104. The summed E-state index contributed by atoms with van der Waals surface area (Å²) in [5.41, 5.74) is 11.4. The Morgan fingerprint density at radius 2 is 0.398 bits per heavy atom. The van der Waals surface area contributed by atoms with Crippen molar-refractivity contribution < 1.29 is 26.3 Å². The fourth-order valence-electron chi connectivity index (χ4n) is 15.9. The van der Waals surface area contributed by atoms with Gasteiger partial charge in [-0.15, -0.1) is 0 Å². The number of fused-ring (bicyclic) bond motifs is 18. The molecule has 0 atom stereocenters. The largest absolute Gasteiger partial charge is 0.416 e. The molecule has 0 saturated heterocycles. The van der Waals surface area contributed by atoms with Crippen molar-refractivity contribution in [2.75, 3.05) is 0 Å². The van der Waals surface area contributed by atoms with E-state index < -0.39 is 23.5 Å². The van der Waals surface area contributed by atoms with Crippen molar-refractivity contribution in [1.29, 1.82) is 0 Å². The van der Waals surface area contributed by atoms with Gasteiger partial charge in [0.25, 0.3) is 0 Å². The number of aromatic nitrogens is 7. The Morgan fingerprint density at radius 3 is 0.622 bits per heavy atom. The normalized spacial score (nSPS) is 12.6. The third-order valence-corrected chi connectivity index (χ3v) is 20.0. The molecule has 98 heavy (non-hydrogen) atoms. The van der Waals surface area contributed by atoms with Crippen LogP contribution in [0.1, 0.15) is 11.1 Å². The zero-order valence-corrected chi connectivity index (χ0v) is 51.7. The molecule has 7 aromatic heterocycles. The molecule has 20 aromatic rings. The van der Waals surface area contributed by atoms with Crippen molar-refractivity contribution in [3.63, 3.8) is 0 Å². The Labute approximate surface area is 552 Å². The minimum atomic E-state index is -5.13. The number of rotatable bonds is 7. The smallest absolute Gasteiger partial charge is 0.309 e. The van der Waals surface area contributed by atoms with Crippen molar-refractivity contribution in [1.82, 2.24) is 32.4 Å². The van der Waals surface area contributed by atoms with Gasteiger partial charge in [0, 0.05) is 87.4 Å². The van der Waals surface area contributed by atoms with Gasteiger partial charge >= 0.3 is 12.4 Å². The van der Waals surface area contributed by atoms with Gasteiger partial charge in [0.1, 0.15) is 11.6 Å². The minimum Gasteiger partial charge on any atom is -0.309 e. The topological polar surface area (TPSA) is 42.5 Å². The van der Waals surface area contributed by atoms with Gasteiger partial charge in [-0.1, -0.05) is 146 Å². The van der Waals surface area contributed by atoms with Crippen molar-refractivity contribution in [2.24, 2.45) is 0 Å². The van der Waals surface area contributed by atoms with E-state index in [1.54, 1.807) is 12.1 Å². The Balaban J connectivity index is 0.894. The van der Waals surface area contributed by atoms with E-state index >= 15 is 26.3 Å². The molecular formula is C85H49F6N7. The van der Waals surface area contributed by atoms with Crippen LogP contribution in [-0.2, 0) is 12.4 Å². The van der Waals surface area contributed by atoms with Crippen LogP contribution in [-0.4, -0.2) is 32.4 Å². The fraction of sp³-hybridized carbons (Fsp3) is 0.0235. The lowest BCUT2D eigenvalue weighted by Crippen LogP contribution is -2.11. The summed E-state index contributed by atoms with van der Waals surface area (Å²) in [6.07, 6.45) is -10.3. The average Bonchev–Trinajstić information content (AvgIpc) is 1.53. The second kappa shape index (κ2) is 20.5. The number of alkyl halides is 6. The number of halogens is 6. The summed E-state index contributed by atoms with van der Waals surface area (Å²) in [5, 5.41) is 12.1. The lowest BCUT2D eigenvalue weighted by Gasteiger charge is -2.17. The van der Waals surface area contributed by atoms with Gasteiger partial charge in [-0.05, 0) is 163 Å². The molecule has 0 aliphatic heterocycles. The van der Waals surface area contributed by atoms with Gasteiger partial charge in [0.15, 0.2) is 0 Å². The lowest BCUT2D eigenvalue weighted by atomic mass is 9.99. The van der Waals surface area contributed by atoms with E-state index in [0.29, 0.717) is 22.1 Å². The highest BCUT2D eigenvalue weighted by Gasteiger charge is 2.37. The van der Waals surface area contributed by atoms with Gasteiger partial charge < -0.3 is 18.3 Å². The maximum Gasteiger partial charge on any atom is 0.416 e. The maximum atomic E-state index is 15.2. The van der Waals surface area contributed by atoms with Crippen LogP contribution in [0.15, 0.2) is 297 Å². The van der Waals surface area contributed by atoms with Crippen molar-refractivity contribution in [3.05, 3.63) is 308 Å². The Morgan fingerprint density at radius 1 is 0.194 bits per heavy atom. The highest BCUT2D eigenvalue weighted by Crippen LogP contribution is 2.46. The van der Waals surface area contributed by atoms with E-state index in [1.165, 1.54) is 0 Å². The van der Waals surface area contributed by atoms with Crippen LogP contribution in [0.5, 0.6) is 0 Å². The van der Waals surface area contributed by atoms with Crippen LogP contribution in [0.2, 0.25) is 0 Å². The zero-order chi connectivity index (χ0) is 65.4. The molecule has 0 fully saturated rings. The van der Waals surface area contributed by atoms with Crippen LogP contribution in [0.3, 0.4) is 0 Å². The molecule has 0 aliphatic rings. The standard InChI is InChI=1S/C85H49F6N7/c86-84(87,88)52-41-50(42-53(45-52)85(89,90)91)51-43-82(97-78-37-33-54(93-70-25-9-1-17-58(70)59-18-2-10-26-71(59)93)46-66(78)67-47-55(34-38-79(67)97)94-72-27-11-3-19-60(72)61-20-4-12-28-73(61)94)92-83(44-51)98-80-39-35-56(95-74-29-13-5-21-62(74)63-22-6-14-30-75(63)95)48-68(80)69-49-57(36-40-81(69)98)96-76-31-15-7-23-64(76)65-24-8-16-32-77(65)96/h1-49H. The average molecular weight is 1280 g/mol. The maximum absolute atomic E-state index is 15.2. The van der Waals surface area contributed by atoms with Crippen molar-refractivity contribution >= 4 is 131 Å². The summed E-state index contributed by atoms with van der Waals surface area (Å²) in [5.74, 6) is 0.521. The van der Waals surface area contributed by atoms with E-state index in [1.807, 2.05) is 130 Å². The number of benzene rings is 13. The van der Waals surface area contributed by atoms with Crippen LogP contribution >= 0.6 is 0 Å².